The summed E-state index contributed by atoms with van der Waals surface area (Å²) in [6.07, 6.45) is 6.56. The van der Waals surface area contributed by atoms with Crippen LogP contribution in [0.2, 0.25) is 0 Å². The molecule has 0 heterocycles. The van der Waals surface area contributed by atoms with Gasteiger partial charge in [-0.25, -0.2) is 0 Å². The molecule has 0 aliphatic carbocycles. The molecule has 0 aliphatic rings. The summed E-state index contributed by atoms with van der Waals surface area (Å²) in [7, 11) is 0. The normalized spacial score (nSPS) is 11.2. The van der Waals surface area contributed by atoms with Gasteiger partial charge in [0, 0.05) is 0 Å². The van der Waals surface area contributed by atoms with Gasteiger partial charge in [-0.3, -0.25) is 0 Å². The van der Waals surface area contributed by atoms with Gasteiger partial charge in [-0.15, -0.1) is 0 Å². The van der Waals surface area contributed by atoms with Crippen LogP contribution in [0.3, 0.4) is 0 Å². The van der Waals surface area contributed by atoms with Crippen LogP contribution in [0.1, 0.15) is 33.6 Å². The number of allylic oxidation sites excluding steroid dienone is 3. The van der Waals surface area contributed by atoms with Gasteiger partial charge in [-0.05, 0) is 18.8 Å². The second-order valence-corrected chi connectivity index (χ2v) is 2.90. The summed E-state index contributed by atoms with van der Waals surface area (Å²) in [5.41, 5.74) is 1.32. The first-order chi connectivity index (χ1) is 4.68. The van der Waals surface area contributed by atoms with E-state index in [0.717, 1.165) is 12.8 Å². The minimum absolute atomic E-state index is 0.626. The van der Waals surface area contributed by atoms with Crippen molar-refractivity contribution in [2.75, 3.05) is 0 Å². The van der Waals surface area contributed by atoms with Crippen molar-refractivity contribution in [2.24, 2.45) is 5.92 Å². The van der Waals surface area contributed by atoms with E-state index in [0.29, 0.717) is 5.92 Å². The topological polar surface area (TPSA) is 0 Å². The Hall–Kier alpha value is -0.520. The molecule has 0 fully saturated rings. The molecule has 0 aromatic heterocycles. The van der Waals surface area contributed by atoms with Crippen molar-refractivity contribution in [3.8, 4) is 0 Å². The fraction of sp³-hybridized carbons (Fsp3) is 0.600. The SMILES string of the molecule is C=C(C/C=C/CC)C(C)C. The molecule has 0 aromatic rings. The van der Waals surface area contributed by atoms with E-state index in [1.807, 2.05) is 0 Å². The Morgan fingerprint density at radius 3 is 2.40 bits per heavy atom. The zero-order valence-electron chi connectivity index (χ0n) is 7.35. The molecular weight excluding hydrogens is 120 g/mol. The minimum Gasteiger partial charge on any atom is -0.0993 e. The Morgan fingerprint density at radius 1 is 1.40 bits per heavy atom. The van der Waals surface area contributed by atoms with E-state index in [1.165, 1.54) is 5.57 Å². The Bertz CT molecular complexity index is 118. The maximum absolute atomic E-state index is 3.97. The molecule has 0 unspecified atom stereocenters. The van der Waals surface area contributed by atoms with Crippen molar-refractivity contribution in [1.82, 2.24) is 0 Å². The second-order valence-electron chi connectivity index (χ2n) is 2.90. The Labute approximate surface area is 64.6 Å². The van der Waals surface area contributed by atoms with Gasteiger partial charge in [0.25, 0.3) is 0 Å². The molecule has 0 spiro atoms. The molecule has 0 nitrogen and oxygen atoms in total. The highest BCUT2D eigenvalue weighted by molar-refractivity contribution is 5.04. The van der Waals surface area contributed by atoms with Crippen LogP contribution in [-0.2, 0) is 0 Å². The maximum atomic E-state index is 3.97. The Morgan fingerprint density at radius 2 is 2.00 bits per heavy atom. The molecule has 0 aliphatic heterocycles. The monoisotopic (exact) mass is 138 g/mol. The lowest BCUT2D eigenvalue weighted by molar-refractivity contribution is 0.751. The van der Waals surface area contributed by atoms with Crippen molar-refractivity contribution < 1.29 is 0 Å². The van der Waals surface area contributed by atoms with Crippen molar-refractivity contribution in [3.05, 3.63) is 24.3 Å². The number of rotatable bonds is 4. The minimum atomic E-state index is 0.626. The Balaban J connectivity index is 3.49. The van der Waals surface area contributed by atoms with Crippen LogP contribution in [0.25, 0.3) is 0 Å². The predicted octanol–water partition coefficient (Wildman–Crippen LogP) is 3.55. The van der Waals surface area contributed by atoms with Gasteiger partial charge in [0.1, 0.15) is 0 Å². The van der Waals surface area contributed by atoms with E-state index in [9.17, 15) is 0 Å². The first-order valence-corrected chi connectivity index (χ1v) is 4.01. The molecule has 0 saturated carbocycles. The van der Waals surface area contributed by atoms with E-state index in [2.05, 4.69) is 39.5 Å². The largest absolute Gasteiger partial charge is 0.0993 e. The van der Waals surface area contributed by atoms with Gasteiger partial charge in [-0.1, -0.05) is 45.1 Å². The van der Waals surface area contributed by atoms with Gasteiger partial charge >= 0.3 is 0 Å². The lowest BCUT2D eigenvalue weighted by atomic mass is 10.0. The molecule has 0 N–H and O–H groups in total. The number of hydrogen-bond donors (Lipinski definition) is 0. The third-order valence-corrected chi connectivity index (χ3v) is 1.60. The third-order valence-electron chi connectivity index (χ3n) is 1.60. The van der Waals surface area contributed by atoms with Gasteiger partial charge in [0.15, 0.2) is 0 Å². The van der Waals surface area contributed by atoms with Crippen molar-refractivity contribution in [3.63, 3.8) is 0 Å². The van der Waals surface area contributed by atoms with Gasteiger partial charge < -0.3 is 0 Å². The molecule has 58 valence electrons. The standard InChI is InChI=1S/C10H18/c1-5-6-7-8-10(4)9(2)3/h6-7,9H,4-5,8H2,1-3H3/b7-6+. The van der Waals surface area contributed by atoms with Gasteiger partial charge in [0.2, 0.25) is 0 Å². The summed E-state index contributed by atoms with van der Waals surface area (Å²) in [4.78, 5) is 0. The lowest BCUT2D eigenvalue weighted by Crippen LogP contribution is -1.89. The summed E-state index contributed by atoms with van der Waals surface area (Å²) < 4.78 is 0. The van der Waals surface area contributed by atoms with Crippen LogP contribution in [0.4, 0.5) is 0 Å². The van der Waals surface area contributed by atoms with E-state index in [-0.39, 0.29) is 0 Å². The van der Waals surface area contributed by atoms with Crippen molar-refractivity contribution in [1.29, 1.82) is 0 Å². The third kappa shape index (κ3) is 4.37. The first-order valence-electron chi connectivity index (χ1n) is 4.01. The summed E-state index contributed by atoms with van der Waals surface area (Å²) >= 11 is 0. The van der Waals surface area contributed by atoms with Gasteiger partial charge in [0.05, 0.1) is 0 Å². The van der Waals surface area contributed by atoms with E-state index < -0.39 is 0 Å². The zero-order valence-corrected chi connectivity index (χ0v) is 7.35. The molecule has 0 saturated heterocycles. The van der Waals surface area contributed by atoms with Crippen LogP contribution >= 0.6 is 0 Å². The molecule has 0 rings (SSSR count). The highest BCUT2D eigenvalue weighted by Crippen LogP contribution is 2.11. The van der Waals surface area contributed by atoms with Crippen LogP contribution in [0, 0.1) is 5.92 Å². The summed E-state index contributed by atoms with van der Waals surface area (Å²) in [6.45, 7) is 10.5. The average molecular weight is 138 g/mol. The van der Waals surface area contributed by atoms with E-state index in [4.69, 9.17) is 0 Å². The van der Waals surface area contributed by atoms with E-state index >= 15 is 0 Å². The van der Waals surface area contributed by atoms with Crippen LogP contribution < -0.4 is 0 Å². The lowest BCUT2D eigenvalue weighted by Gasteiger charge is -2.04. The maximum Gasteiger partial charge on any atom is -0.0139 e. The fourth-order valence-corrected chi connectivity index (χ4v) is 0.637. The van der Waals surface area contributed by atoms with Crippen LogP contribution in [-0.4, -0.2) is 0 Å². The van der Waals surface area contributed by atoms with Crippen LogP contribution in [0.15, 0.2) is 24.3 Å². The smallest absolute Gasteiger partial charge is 0.0139 e. The summed E-state index contributed by atoms with van der Waals surface area (Å²) in [6, 6.07) is 0. The Kier molecular flexibility index (Phi) is 5.00. The molecule has 0 aromatic carbocycles. The average Bonchev–Trinajstić information content (AvgIpc) is 1.88. The highest BCUT2D eigenvalue weighted by Gasteiger charge is 1.95. The second kappa shape index (κ2) is 5.28. The van der Waals surface area contributed by atoms with Crippen LogP contribution in [0.5, 0.6) is 0 Å². The quantitative estimate of drug-likeness (QED) is 0.521. The predicted molar refractivity (Wildman–Crippen MR) is 48.0 cm³/mol. The molecule has 0 radical (unpaired) electrons. The molecule has 0 atom stereocenters. The number of hydrogen-bond acceptors (Lipinski definition) is 0. The fourth-order valence-electron chi connectivity index (χ4n) is 0.637. The molecule has 0 heteroatoms. The van der Waals surface area contributed by atoms with Gasteiger partial charge in [-0.2, -0.15) is 0 Å². The van der Waals surface area contributed by atoms with Crippen molar-refractivity contribution >= 4 is 0 Å². The molecule has 10 heavy (non-hydrogen) atoms. The highest BCUT2D eigenvalue weighted by atomic mass is 14.0. The molecular formula is C10H18. The summed E-state index contributed by atoms with van der Waals surface area (Å²) in [5.74, 6) is 0.626. The van der Waals surface area contributed by atoms with Crippen molar-refractivity contribution in [2.45, 2.75) is 33.6 Å². The molecule has 0 amide bonds. The zero-order chi connectivity index (χ0) is 7.98. The van der Waals surface area contributed by atoms with E-state index in [1.54, 1.807) is 0 Å². The first kappa shape index (κ1) is 9.48. The molecule has 0 bridgehead atoms. The summed E-state index contributed by atoms with van der Waals surface area (Å²) in [5, 5.41) is 0.